The van der Waals surface area contributed by atoms with Gasteiger partial charge in [-0.2, -0.15) is 0 Å². The number of hydrogen-bond donors (Lipinski definition) is 1. The van der Waals surface area contributed by atoms with E-state index < -0.39 is 5.97 Å². The van der Waals surface area contributed by atoms with E-state index in [4.69, 9.17) is 4.74 Å². The van der Waals surface area contributed by atoms with E-state index in [1.54, 1.807) is 20.8 Å². The van der Waals surface area contributed by atoms with Gasteiger partial charge in [0.15, 0.2) is 11.6 Å². The molecule has 0 atom stereocenters. The normalized spacial score (nSPS) is 15.3. The molecular formula is C23H28N2O4. The Morgan fingerprint density at radius 3 is 2.38 bits per heavy atom. The van der Waals surface area contributed by atoms with Crippen LogP contribution in [0.5, 0.6) is 0 Å². The standard InChI is InChI=1S/C23H28N2O4/c1-4-29-23(28)20-15(2)21(24-16(20)3)19(26)14-25-12-10-18(11-13-25)22(27)17-8-6-5-7-9-17/h5-9,18,24H,4,10-14H2,1-3H3. The lowest BCUT2D eigenvalue weighted by Gasteiger charge is -2.30. The number of benzene rings is 1. The van der Waals surface area contributed by atoms with Crippen LogP contribution in [0.4, 0.5) is 0 Å². The molecule has 1 aromatic carbocycles. The van der Waals surface area contributed by atoms with E-state index in [2.05, 4.69) is 9.88 Å². The third kappa shape index (κ3) is 4.65. The molecule has 1 saturated heterocycles. The molecular weight excluding hydrogens is 368 g/mol. The number of rotatable bonds is 7. The molecule has 0 bridgehead atoms. The topological polar surface area (TPSA) is 79.5 Å². The number of nitrogens with one attached hydrogen (secondary N) is 1. The molecule has 0 spiro atoms. The van der Waals surface area contributed by atoms with Crippen molar-refractivity contribution in [2.24, 2.45) is 5.92 Å². The number of likely N-dealkylation sites (tertiary alicyclic amines) is 1. The van der Waals surface area contributed by atoms with E-state index in [1.165, 1.54) is 0 Å². The SMILES string of the molecule is CCOC(=O)c1c(C)[nH]c(C(=O)CN2CCC(C(=O)c3ccccc3)CC2)c1C. The summed E-state index contributed by atoms with van der Waals surface area (Å²) in [5.41, 5.74) is 2.96. The number of Topliss-reactive ketones (excluding diaryl/α,β-unsaturated/α-hetero) is 2. The Bertz CT molecular complexity index is 893. The number of ketones is 2. The first-order valence-electron chi connectivity index (χ1n) is 10.1. The number of ether oxygens (including phenoxy) is 1. The maximum atomic E-state index is 12.8. The molecule has 0 radical (unpaired) electrons. The Hall–Kier alpha value is -2.73. The molecule has 1 aliphatic rings. The highest BCUT2D eigenvalue weighted by molar-refractivity contribution is 6.02. The second kappa shape index (κ2) is 9.18. The van der Waals surface area contributed by atoms with Crippen LogP contribution in [0, 0.1) is 19.8 Å². The van der Waals surface area contributed by atoms with E-state index in [9.17, 15) is 14.4 Å². The summed E-state index contributed by atoms with van der Waals surface area (Å²) in [6, 6.07) is 9.38. The number of aromatic amines is 1. The molecule has 6 nitrogen and oxygen atoms in total. The zero-order chi connectivity index (χ0) is 21.0. The zero-order valence-corrected chi connectivity index (χ0v) is 17.3. The van der Waals surface area contributed by atoms with E-state index in [0.717, 1.165) is 18.4 Å². The van der Waals surface area contributed by atoms with Gasteiger partial charge in [-0.15, -0.1) is 0 Å². The molecule has 1 fully saturated rings. The lowest BCUT2D eigenvalue weighted by molar-refractivity contribution is 0.0524. The summed E-state index contributed by atoms with van der Waals surface area (Å²) in [6.45, 7) is 7.28. The van der Waals surface area contributed by atoms with Gasteiger partial charge < -0.3 is 9.72 Å². The fourth-order valence-corrected chi connectivity index (χ4v) is 4.01. The largest absolute Gasteiger partial charge is 0.462 e. The summed E-state index contributed by atoms with van der Waals surface area (Å²) < 4.78 is 5.09. The molecule has 0 amide bonds. The Labute approximate surface area is 171 Å². The summed E-state index contributed by atoms with van der Waals surface area (Å²) in [5.74, 6) is -0.257. The molecule has 2 heterocycles. The van der Waals surface area contributed by atoms with E-state index in [0.29, 0.717) is 42.2 Å². The van der Waals surface area contributed by atoms with Crippen molar-refractivity contribution in [3.8, 4) is 0 Å². The predicted molar refractivity (Wildman–Crippen MR) is 110 cm³/mol. The van der Waals surface area contributed by atoms with Gasteiger partial charge in [-0.1, -0.05) is 30.3 Å². The Kier molecular flexibility index (Phi) is 6.64. The van der Waals surface area contributed by atoms with E-state index >= 15 is 0 Å². The molecule has 3 rings (SSSR count). The second-order valence-electron chi connectivity index (χ2n) is 7.55. The number of carbonyl (C=O) groups is 3. The van der Waals surface area contributed by atoms with Gasteiger partial charge >= 0.3 is 5.97 Å². The highest BCUT2D eigenvalue weighted by Gasteiger charge is 2.28. The summed E-state index contributed by atoms with van der Waals surface area (Å²) in [5, 5.41) is 0. The van der Waals surface area contributed by atoms with Crippen molar-refractivity contribution >= 4 is 17.5 Å². The summed E-state index contributed by atoms with van der Waals surface area (Å²) in [7, 11) is 0. The van der Waals surface area contributed by atoms with Crippen LogP contribution in [0.1, 0.15) is 62.2 Å². The minimum absolute atomic E-state index is 0.00800. The zero-order valence-electron chi connectivity index (χ0n) is 17.3. The average Bonchev–Trinajstić information content (AvgIpc) is 3.03. The number of carbonyl (C=O) groups excluding carboxylic acids is 3. The Morgan fingerprint density at radius 2 is 1.76 bits per heavy atom. The van der Waals surface area contributed by atoms with Crippen LogP contribution >= 0.6 is 0 Å². The maximum absolute atomic E-state index is 12.8. The number of hydrogen-bond acceptors (Lipinski definition) is 5. The fraction of sp³-hybridized carbons (Fsp3) is 0.435. The van der Waals surface area contributed by atoms with Crippen LogP contribution in [0.3, 0.4) is 0 Å². The van der Waals surface area contributed by atoms with Crippen molar-refractivity contribution in [2.45, 2.75) is 33.6 Å². The van der Waals surface area contributed by atoms with Gasteiger partial charge in [0, 0.05) is 17.2 Å². The van der Waals surface area contributed by atoms with Gasteiger partial charge in [0.25, 0.3) is 0 Å². The molecule has 154 valence electrons. The molecule has 29 heavy (non-hydrogen) atoms. The van der Waals surface area contributed by atoms with Gasteiger partial charge in [0.2, 0.25) is 0 Å². The monoisotopic (exact) mass is 396 g/mol. The van der Waals surface area contributed by atoms with Gasteiger partial charge in [-0.3, -0.25) is 14.5 Å². The summed E-state index contributed by atoms with van der Waals surface area (Å²) in [4.78, 5) is 42.7. The average molecular weight is 396 g/mol. The lowest BCUT2D eigenvalue weighted by Crippen LogP contribution is -2.39. The van der Waals surface area contributed by atoms with Crippen molar-refractivity contribution < 1.29 is 19.1 Å². The smallest absolute Gasteiger partial charge is 0.340 e. The first-order chi connectivity index (χ1) is 13.9. The number of esters is 1. The minimum Gasteiger partial charge on any atom is -0.462 e. The molecule has 6 heteroatoms. The van der Waals surface area contributed by atoms with Crippen LogP contribution in [-0.2, 0) is 4.74 Å². The fourth-order valence-electron chi connectivity index (χ4n) is 4.01. The van der Waals surface area contributed by atoms with Crippen molar-refractivity contribution in [3.63, 3.8) is 0 Å². The molecule has 0 saturated carbocycles. The quantitative estimate of drug-likeness (QED) is 0.572. The molecule has 0 aliphatic carbocycles. The highest BCUT2D eigenvalue weighted by Crippen LogP contribution is 2.23. The van der Waals surface area contributed by atoms with Gasteiger partial charge in [0.1, 0.15) is 0 Å². The third-order valence-corrected chi connectivity index (χ3v) is 5.58. The van der Waals surface area contributed by atoms with Crippen LogP contribution in [-0.4, -0.2) is 53.7 Å². The number of nitrogens with zero attached hydrogens (tertiary/aromatic N) is 1. The van der Waals surface area contributed by atoms with Crippen LogP contribution in [0.15, 0.2) is 30.3 Å². The van der Waals surface area contributed by atoms with E-state index in [1.807, 2.05) is 30.3 Å². The number of aryl methyl sites for hydroxylation is 1. The molecule has 0 unspecified atom stereocenters. The molecule has 1 aromatic heterocycles. The van der Waals surface area contributed by atoms with Crippen molar-refractivity contribution in [1.29, 1.82) is 0 Å². The Morgan fingerprint density at radius 1 is 1.10 bits per heavy atom. The summed E-state index contributed by atoms with van der Waals surface area (Å²) in [6.07, 6.45) is 1.50. The first kappa shape index (κ1) is 21.0. The predicted octanol–water partition coefficient (Wildman–Crippen LogP) is 3.59. The van der Waals surface area contributed by atoms with E-state index in [-0.39, 0.29) is 24.0 Å². The van der Waals surface area contributed by atoms with Crippen molar-refractivity contribution in [1.82, 2.24) is 9.88 Å². The number of piperidine rings is 1. The first-order valence-corrected chi connectivity index (χ1v) is 10.1. The molecule has 2 aromatic rings. The second-order valence-corrected chi connectivity index (χ2v) is 7.55. The minimum atomic E-state index is -0.405. The molecule has 1 N–H and O–H groups in total. The maximum Gasteiger partial charge on any atom is 0.340 e. The van der Waals surface area contributed by atoms with Crippen LogP contribution in [0.25, 0.3) is 0 Å². The number of aromatic nitrogens is 1. The van der Waals surface area contributed by atoms with Crippen molar-refractivity contribution in [3.05, 3.63) is 58.4 Å². The van der Waals surface area contributed by atoms with Crippen LogP contribution in [0.2, 0.25) is 0 Å². The van der Waals surface area contributed by atoms with Gasteiger partial charge in [-0.05, 0) is 52.3 Å². The molecule has 1 aliphatic heterocycles. The van der Waals surface area contributed by atoms with Gasteiger partial charge in [-0.25, -0.2) is 4.79 Å². The van der Waals surface area contributed by atoms with Crippen molar-refractivity contribution in [2.75, 3.05) is 26.2 Å². The van der Waals surface area contributed by atoms with Crippen LogP contribution < -0.4 is 0 Å². The third-order valence-electron chi connectivity index (χ3n) is 5.58. The van der Waals surface area contributed by atoms with Gasteiger partial charge in [0.05, 0.1) is 24.4 Å². The Balaban J connectivity index is 1.60. The highest BCUT2D eigenvalue weighted by atomic mass is 16.5. The summed E-state index contributed by atoms with van der Waals surface area (Å²) >= 11 is 0. The number of H-pyrrole nitrogens is 1. The lowest BCUT2D eigenvalue weighted by atomic mass is 9.89.